The fourth-order valence-corrected chi connectivity index (χ4v) is 3.21. The number of hydrogen-bond donors (Lipinski definition) is 1. The van der Waals surface area contributed by atoms with Crippen molar-refractivity contribution < 1.29 is 14.6 Å². The molecule has 0 bridgehead atoms. The molecule has 2 atom stereocenters. The standard InChI is InChI=1S/C16H21N3O3/c1-11-17-13-5-3-4-6-14(13)19(11)8-7-18-10-12(20)9-15(18)16(21)22-2/h3-6,12,15,20H,7-10H2,1-2H3/t12-,15-/m1/s1. The van der Waals surface area contributed by atoms with Crippen molar-refractivity contribution in [2.45, 2.75) is 32.0 Å². The number of hydrogen-bond acceptors (Lipinski definition) is 5. The first-order valence-electron chi connectivity index (χ1n) is 7.52. The molecule has 1 aliphatic rings. The molecule has 1 aromatic heterocycles. The van der Waals surface area contributed by atoms with E-state index in [1.54, 1.807) is 0 Å². The van der Waals surface area contributed by atoms with Gasteiger partial charge in [0.05, 0.1) is 24.2 Å². The smallest absolute Gasteiger partial charge is 0.323 e. The van der Waals surface area contributed by atoms with Gasteiger partial charge in [-0.15, -0.1) is 0 Å². The molecule has 3 rings (SSSR count). The number of carbonyl (C=O) groups excluding carboxylic acids is 1. The van der Waals surface area contributed by atoms with Gasteiger partial charge >= 0.3 is 5.97 Å². The summed E-state index contributed by atoms with van der Waals surface area (Å²) in [7, 11) is 1.39. The number of β-amino-alcohol motifs (C(OH)–C–C–N with tert-alkyl or cyclic N) is 1. The fourth-order valence-electron chi connectivity index (χ4n) is 3.21. The SMILES string of the molecule is COC(=O)[C@H]1C[C@@H](O)CN1CCn1c(C)nc2ccccc21. The molecule has 2 aromatic rings. The van der Waals surface area contributed by atoms with Crippen LogP contribution in [0.3, 0.4) is 0 Å². The van der Waals surface area contributed by atoms with Gasteiger partial charge in [0.25, 0.3) is 0 Å². The number of ether oxygens (including phenoxy) is 1. The summed E-state index contributed by atoms with van der Waals surface area (Å²) in [5.74, 6) is 0.680. The number of para-hydroxylation sites is 2. The van der Waals surface area contributed by atoms with Crippen molar-refractivity contribution in [3.8, 4) is 0 Å². The molecule has 6 heteroatoms. The van der Waals surface area contributed by atoms with E-state index in [0.29, 0.717) is 19.5 Å². The molecule has 0 amide bonds. The summed E-state index contributed by atoms with van der Waals surface area (Å²) in [5.41, 5.74) is 2.07. The Hall–Kier alpha value is -1.92. The Labute approximate surface area is 129 Å². The van der Waals surface area contributed by atoms with Crippen molar-refractivity contribution in [1.82, 2.24) is 14.5 Å². The van der Waals surface area contributed by atoms with Crippen LogP contribution in [-0.4, -0.2) is 57.9 Å². The summed E-state index contributed by atoms with van der Waals surface area (Å²) in [6.07, 6.45) is -0.0270. The maximum Gasteiger partial charge on any atom is 0.323 e. The topological polar surface area (TPSA) is 67.6 Å². The van der Waals surface area contributed by atoms with Crippen LogP contribution in [0.1, 0.15) is 12.2 Å². The van der Waals surface area contributed by atoms with Crippen LogP contribution in [0.4, 0.5) is 0 Å². The zero-order valence-electron chi connectivity index (χ0n) is 12.9. The van der Waals surface area contributed by atoms with Crippen LogP contribution < -0.4 is 0 Å². The maximum absolute atomic E-state index is 11.8. The van der Waals surface area contributed by atoms with E-state index < -0.39 is 6.10 Å². The number of esters is 1. The summed E-state index contributed by atoms with van der Waals surface area (Å²) in [5, 5.41) is 9.83. The Morgan fingerprint density at radius 3 is 2.95 bits per heavy atom. The maximum atomic E-state index is 11.8. The average Bonchev–Trinajstić information content (AvgIpc) is 3.03. The molecule has 1 aliphatic heterocycles. The number of aliphatic hydroxyl groups excluding tert-OH is 1. The first-order chi connectivity index (χ1) is 10.6. The van der Waals surface area contributed by atoms with Gasteiger partial charge in [0.1, 0.15) is 11.9 Å². The van der Waals surface area contributed by atoms with Crippen molar-refractivity contribution in [2.24, 2.45) is 0 Å². The summed E-state index contributed by atoms with van der Waals surface area (Å²) in [6, 6.07) is 7.66. The Kier molecular flexibility index (Phi) is 4.13. The van der Waals surface area contributed by atoms with Gasteiger partial charge in [-0.05, 0) is 19.1 Å². The Balaban J connectivity index is 1.76. The van der Waals surface area contributed by atoms with Crippen molar-refractivity contribution >= 4 is 17.0 Å². The molecule has 1 N–H and O–H groups in total. The van der Waals surface area contributed by atoms with Gasteiger partial charge in [-0.3, -0.25) is 9.69 Å². The molecule has 1 aromatic carbocycles. The highest BCUT2D eigenvalue weighted by molar-refractivity contribution is 5.76. The first kappa shape index (κ1) is 15.0. The number of rotatable bonds is 4. The number of imidazole rings is 1. The molecule has 22 heavy (non-hydrogen) atoms. The Morgan fingerprint density at radius 1 is 1.41 bits per heavy atom. The molecule has 6 nitrogen and oxygen atoms in total. The van der Waals surface area contributed by atoms with Crippen LogP contribution in [0.2, 0.25) is 0 Å². The number of carbonyl (C=O) groups is 1. The van der Waals surface area contributed by atoms with Gasteiger partial charge < -0.3 is 14.4 Å². The molecule has 0 saturated carbocycles. The van der Waals surface area contributed by atoms with Crippen LogP contribution in [0.15, 0.2) is 24.3 Å². The second kappa shape index (κ2) is 6.06. The lowest BCUT2D eigenvalue weighted by Crippen LogP contribution is -2.38. The normalized spacial score (nSPS) is 22.3. The highest BCUT2D eigenvalue weighted by atomic mass is 16.5. The number of nitrogens with zero attached hydrogens (tertiary/aromatic N) is 3. The molecule has 0 radical (unpaired) electrons. The zero-order valence-corrected chi connectivity index (χ0v) is 12.9. The summed E-state index contributed by atoms with van der Waals surface area (Å²) >= 11 is 0. The minimum absolute atomic E-state index is 0.274. The largest absolute Gasteiger partial charge is 0.468 e. The summed E-state index contributed by atoms with van der Waals surface area (Å²) < 4.78 is 6.98. The number of likely N-dealkylation sites (tertiary alicyclic amines) is 1. The van der Waals surface area contributed by atoms with Crippen LogP contribution in [0.25, 0.3) is 11.0 Å². The van der Waals surface area contributed by atoms with Crippen molar-refractivity contribution in [3.05, 3.63) is 30.1 Å². The fraction of sp³-hybridized carbons (Fsp3) is 0.500. The van der Waals surface area contributed by atoms with E-state index in [1.165, 1.54) is 7.11 Å². The average molecular weight is 303 g/mol. The molecular formula is C16H21N3O3. The van der Waals surface area contributed by atoms with Crippen molar-refractivity contribution in [1.29, 1.82) is 0 Å². The monoisotopic (exact) mass is 303 g/mol. The highest BCUT2D eigenvalue weighted by Crippen LogP contribution is 2.20. The van der Waals surface area contributed by atoms with E-state index in [1.807, 2.05) is 36.1 Å². The molecule has 2 heterocycles. The van der Waals surface area contributed by atoms with Crippen molar-refractivity contribution in [3.63, 3.8) is 0 Å². The van der Waals surface area contributed by atoms with E-state index in [2.05, 4.69) is 9.55 Å². The molecule has 1 fully saturated rings. The van der Waals surface area contributed by atoms with Crippen molar-refractivity contribution in [2.75, 3.05) is 20.2 Å². The van der Waals surface area contributed by atoms with Gasteiger partial charge in [0.15, 0.2) is 0 Å². The first-order valence-corrected chi connectivity index (χ1v) is 7.52. The molecular weight excluding hydrogens is 282 g/mol. The zero-order chi connectivity index (χ0) is 15.7. The minimum atomic E-state index is -0.468. The second-order valence-corrected chi connectivity index (χ2v) is 5.72. The third kappa shape index (κ3) is 2.71. The van der Waals surface area contributed by atoms with Gasteiger partial charge in [-0.1, -0.05) is 12.1 Å². The van der Waals surface area contributed by atoms with Crippen LogP contribution in [0.5, 0.6) is 0 Å². The summed E-state index contributed by atoms with van der Waals surface area (Å²) in [4.78, 5) is 18.4. The number of methoxy groups -OCH3 is 1. The quantitative estimate of drug-likeness (QED) is 0.852. The number of aromatic nitrogens is 2. The lowest BCUT2D eigenvalue weighted by molar-refractivity contribution is -0.145. The molecule has 118 valence electrons. The third-order valence-electron chi connectivity index (χ3n) is 4.31. The van der Waals surface area contributed by atoms with E-state index in [-0.39, 0.29) is 12.0 Å². The lowest BCUT2D eigenvalue weighted by Gasteiger charge is -2.22. The predicted molar refractivity (Wildman–Crippen MR) is 82.5 cm³/mol. The van der Waals surface area contributed by atoms with E-state index in [4.69, 9.17) is 4.74 Å². The molecule has 0 aliphatic carbocycles. The Bertz CT molecular complexity index is 682. The van der Waals surface area contributed by atoms with E-state index in [0.717, 1.165) is 23.4 Å². The van der Waals surface area contributed by atoms with Crippen LogP contribution in [0, 0.1) is 6.92 Å². The molecule has 0 spiro atoms. The number of benzene rings is 1. The lowest BCUT2D eigenvalue weighted by atomic mass is 10.2. The number of aryl methyl sites for hydroxylation is 1. The van der Waals surface area contributed by atoms with Crippen LogP contribution in [-0.2, 0) is 16.1 Å². The number of fused-ring (bicyclic) bond motifs is 1. The summed E-state index contributed by atoms with van der Waals surface area (Å²) in [6.45, 7) is 3.90. The predicted octanol–water partition coefficient (Wildman–Crippen LogP) is 0.953. The van der Waals surface area contributed by atoms with Gasteiger partial charge in [0.2, 0.25) is 0 Å². The van der Waals surface area contributed by atoms with E-state index >= 15 is 0 Å². The highest BCUT2D eigenvalue weighted by Gasteiger charge is 2.36. The van der Waals surface area contributed by atoms with E-state index in [9.17, 15) is 9.90 Å². The molecule has 0 unspecified atom stereocenters. The molecule has 1 saturated heterocycles. The number of aliphatic hydroxyl groups is 1. The Morgan fingerprint density at radius 2 is 2.18 bits per heavy atom. The second-order valence-electron chi connectivity index (χ2n) is 5.72. The van der Waals surface area contributed by atoms with Gasteiger partial charge in [-0.25, -0.2) is 4.98 Å². The minimum Gasteiger partial charge on any atom is -0.468 e. The van der Waals surface area contributed by atoms with Gasteiger partial charge in [0, 0.05) is 26.1 Å². The van der Waals surface area contributed by atoms with Gasteiger partial charge in [-0.2, -0.15) is 0 Å². The third-order valence-corrected chi connectivity index (χ3v) is 4.31. The van der Waals surface area contributed by atoms with Crippen LogP contribution >= 0.6 is 0 Å².